The first-order valence-electron chi connectivity index (χ1n) is 12.2. The van der Waals surface area contributed by atoms with Crippen molar-refractivity contribution >= 4 is 11.8 Å². The molecule has 4 rings (SSSR count). The van der Waals surface area contributed by atoms with E-state index in [1.165, 1.54) is 0 Å². The molecule has 8 heteroatoms. The van der Waals surface area contributed by atoms with Crippen molar-refractivity contribution in [1.29, 1.82) is 0 Å². The molecule has 2 aliphatic heterocycles. The Morgan fingerprint density at radius 1 is 0.812 bits per heavy atom. The number of aryl methyl sites for hydroxylation is 2. The molecule has 0 bridgehead atoms. The molecule has 174 valence electrons. The molecule has 8 nitrogen and oxygen atoms in total. The summed E-state index contributed by atoms with van der Waals surface area (Å²) >= 11 is 0. The summed E-state index contributed by atoms with van der Waals surface area (Å²) in [6.07, 6.45) is 15.5. The lowest BCUT2D eigenvalue weighted by atomic mass is 10.0. The Labute approximate surface area is 190 Å². The number of likely N-dealkylation sites (tertiary alicyclic amines) is 2. The van der Waals surface area contributed by atoms with Crippen molar-refractivity contribution in [2.24, 2.45) is 0 Å². The topological polar surface area (TPSA) is 76.3 Å². The Kier molecular flexibility index (Phi) is 7.27. The molecule has 2 saturated heterocycles. The number of rotatable bonds is 6. The number of carbonyl (C=O) groups is 2. The first-order chi connectivity index (χ1) is 15.6. The third-order valence-corrected chi connectivity index (χ3v) is 6.78. The van der Waals surface area contributed by atoms with Gasteiger partial charge in [0.15, 0.2) is 0 Å². The van der Waals surface area contributed by atoms with Gasteiger partial charge in [0.2, 0.25) is 0 Å². The molecule has 2 fully saturated rings. The van der Waals surface area contributed by atoms with Crippen LogP contribution in [0.15, 0.2) is 24.8 Å². The van der Waals surface area contributed by atoms with Crippen LogP contribution in [-0.4, -0.2) is 66.9 Å². The fraction of sp³-hybridized carbons (Fsp3) is 0.667. The average molecular weight is 441 g/mol. The van der Waals surface area contributed by atoms with Crippen LogP contribution in [0, 0.1) is 0 Å². The zero-order valence-electron chi connectivity index (χ0n) is 19.4. The first kappa shape index (κ1) is 22.6. The molecular weight excluding hydrogens is 404 g/mol. The second-order valence-electron chi connectivity index (χ2n) is 9.10. The summed E-state index contributed by atoms with van der Waals surface area (Å²) in [6.45, 7) is 6.76. The van der Waals surface area contributed by atoms with Gasteiger partial charge in [-0.25, -0.2) is 9.97 Å². The van der Waals surface area contributed by atoms with Crippen LogP contribution >= 0.6 is 0 Å². The molecule has 2 aromatic rings. The number of aromatic nitrogens is 4. The van der Waals surface area contributed by atoms with Crippen LogP contribution in [-0.2, 0) is 22.4 Å². The lowest BCUT2D eigenvalue weighted by molar-refractivity contribution is -0.153. The van der Waals surface area contributed by atoms with Gasteiger partial charge in [0.25, 0.3) is 0 Å². The van der Waals surface area contributed by atoms with Crippen LogP contribution in [0.4, 0.5) is 0 Å². The van der Waals surface area contributed by atoms with Crippen LogP contribution in [0.2, 0.25) is 0 Å². The van der Waals surface area contributed by atoms with Crippen LogP contribution in [0.3, 0.4) is 0 Å². The molecule has 0 aliphatic carbocycles. The van der Waals surface area contributed by atoms with Crippen molar-refractivity contribution in [3.05, 3.63) is 36.4 Å². The molecule has 2 aromatic heterocycles. The molecule has 2 unspecified atom stereocenters. The van der Waals surface area contributed by atoms with Gasteiger partial charge in [-0.15, -0.1) is 0 Å². The highest BCUT2D eigenvalue weighted by Gasteiger charge is 2.34. The van der Waals surface area contributed by atoms with Crippen molar-refractivity contribution < 1.29 is 9.59 Å². The highest BCUT2D eigenvalue weighted by molar-refractivity contribution is 6.34. The van der Waals surface area contributed by atoms with Gasteiger partial charge in [-0.3, -0.25) is 9.59 Å². The Balaban J connectivity index is 1.40. The van der Waals surface area contributed by atoms with Crippen molar-refractivity contribution in [2.75, 3.05) is 26.2 Å². The third kappa shape index (κ3) is 4.74. The van der Waals surface area contributed by atoms with E-state index in [4.69, 9.17) is 0 Å². The van der Waals surface area contributed by atoms with Crippen LogP contribution in [0.25, 0.3) is 0 Å². The number of hydrogen-bond donors (Lipinski definition) is 0. The predicted octanol–water partition coefficient (Wildman–Crippen LogP) is 3.01. The van der Waals surface area contributed by atoms with Crippen LogP contribution in [0.1, 0.15) is 76.1 Å². The second-order valence-corrected chi connectivity index (χ2v) is 9.10. The minimum Gasteiger partial charge on any atom is -0.332 e. The molecule has 32 heavy (non-hydrogen) atoms. The van der Waals surface area contributed by atoms with Gasteiger partial charge < -0.3 is 18.9 Å². The van der Waals surface area contributed by atoms with E-state index in [0.29, 0.717) is 26.2 Å². The fourth-order valence-corrected chi connectivity index (χ4v) is 5.19. The Morgan fingerprint density at radius 2 is 1.25 bits per heavy atom. The van der Waals surface area contributed by atoms with E-state index in [2.05, 4.69) is 32.9 Å². The maximum absolute atomic E-state index is 13.2. The SMILES string of the molecule is CCCc1nccn1C1CCCN(C(=O)C(=O)N2CCCC(n3ccnc3CCC)C2)C1. The number of imidazole rings is 2. The highest BCUT2D eigenvalue weighted by Crippen LogP contribution is 2.26. The van der Waals surface area contributed by atoms with E-state index in [1.54, 1.807) is 9.80 Å². The summed E-state index contributed by atoms with van der Waals surface area (Å²) in [4.78, 5) is 38.9. The molecule has 2 atom stereocenters. The number of nitrogens with zero attached hydrogens (tertiary/aromatic N) is 6. The van der Waals surface area contributed by atoms with Gasteiger partial charge >= 0.3 is 11.8 Å². The normalized spacial score (nSPS) is 21.7. The van der Waals surface area contributed by atoms with Crippen molar-refractivity contribution in [2.45, 2.75) is 77.3 Å². The molecule has 0 N–H and O–H groups in total. The number of piperidine rings is 2. The minimum absolute atomic E-state index is 0.196. The van der Waals surface area contributed by atoms with Gasteiger partial charge in [0.05, 0.1) is 12.1 Å². The maximum Gasteiger partial charge on any atom is 0.312 e. The smallest absolute Gasteiger partial charge is 0.312 e. The largest absolute Gasteiger partial charge is 0.332 e. The lowest BCUT2D eigenvalue weighted by Gasteiger charge is -2.37. The zero-order valence-corrected chi connectivity index (χ0v) is 19.4. The molecule has 0 saturated carbocycles. The molecule has 2 amide bonds. The number of amides is 2. The Bertz CT molecular complexity index is 845. The summed E-state index contributed by atoms with van der Waals surface area (Å²) in [5.41, 5.74) is 0. The summed E-state index contributed by atoms with van der Waals surface area (Å²) < 4.78 is 4.41. The second kappa shape index (κ2) is 10.3. The minimum atomic E-state index is -0.355. The molecular formula is C24H36N6O2. The van der Waals surface area contributed by atoms with Crippen molar-refractivity contribution in [3.63, 3.8) is 0 Å². The van der Waals surface area contributed by atoms with E-state index in [-0.39, 0.29) is 23.9 Å². The summed E-state index contributed by atoms with van der Waals surface area (Å²) in [5, 5.41) is 0. The van der Waals surface area contributed by atoms with Crippen LogP contribution < -0.4 is 0 Å². The monoisotopic (exact) mass is 440 g/mol. The standard InChI is InChI=1S/C24H36N6O2/c1-3-7-21-25-11-15-29(21)19-9-5-13-27(17-19)23(31)24(32)28-14-6-10-20(18-28)30-16-12-26-22(30)8-4-2/h11-12,15-16,19-20H,3-10,13-14,17-18H2,1-2H3. The predicted molar refractivity (Wildman–Crippen MR) is 122 cm³/mol. The van der Waals surface area contributed by atoms with Gasteiger partial charge in [-0.2, -0.15) is 0 Å². The lowest BCUT2D eigenvalue weighted by Crippen LogP contribution is -2.51. The maximum atomic E-state index is 13.2. The summed E-state index contributed by atoms with van der Waals surface area (Å²) in [6, 6.07) is 0.391. The van der Waals surface area contributed by atoms with Gasteiger partial charge in [0.1, 0.15) is 11.6 Å². The number of hydrogen-bond acceptors (Lipinski definition) is 4. The van der Waals surface area contributed by atoms with E-state index in [0.717, 1.165) is 63.0 Å². The Hall–Kier alpha value is -2.64. The fourth-order valence-electron chi connectivity index (χ4n) is 5.19. The summed E-state index contributed by atoms with van der Waals surface area (Å²) in [7, 11) is 0. The summed E-state index contributed by atoms with van der Waals surface area (Å²) in [5.74, 6) is 1.43. The molecule has 4 heterocycles. The van der Waals surface area contributed by atoms with Crippen molar-refractivity contribution in [3.8, 4) is 0 Å². The third-order valence-electron chi connectivity index (χ3n) is 6.78. The average Bonchev–Trinajstić information content (AvgIpc) is 3.48. The van der Waals surface area contributed by atoms with E-state index < -0.39 is 0 Å². The molecule has 0 radical (unpaired) electrons. The number of carbonyl (C=O) groups excluding carboxylic acids is 2. The molecule has 0 spiro atoms. The van der Waals surface area contributed by atoms with Crippen LogP contribution in [0.5, 0.6) is 0 Å². The Morgan fingerprint density at radius 3 is 1.66 bits per heavy atom. The quantitative estimate of drug-likeness (QED) is 0.647. The zero-order chi connectivity index (χ0) is 22.5. The first-order valence-corrected chi connectivity index (χ1v) is 12.2. The molecule has 2 aliphatic rings. The molecule has 0 aromatic carbocycles. The van der Waals surface area contributed by atoms with Gasteiger partial charge in [-0.05, 0) is 38.5 Å². The van der Waals surface area contributed by atoms with Crippen molar-refractivity contribution in [1.82, 2.24) is 28.9 Å². The van der Waals surface area contributed by atoms with Gasteiger partial charge in [-0.1, -0.05) is 13.8 Å². The van der Waals surface area contributed by atoms with E-state index in [1.807, 2.05) is 24.8 Å². The van der Waals surface area contributed by atoms with Gasteiger partial charge in [0, 0.05) is 63.8 Å². The van der Waals surface area contributed by atoms with E-state index in [9.17, 15) is 9.59 Å². The highest BCUT2D eigenvalue weighted by atomic mass is 16.2. The van der Waals surface area contributed by atoms with E-state index >= 15 is 0 Å².